The number of benzene rings is 1. The molecule has 0 aliphatic carbocycles. The van der Waals surface area contributed by atoms with Crippen LogP contribution < -0.4 is 27.6 Å². The lowest BCUT2D eigenvalue weighted by atomic mass is 10.1. The van der Waals surface area contributed by atoms with Gasteiger partial charge in [0.05, 0.1) is 17.6 Å². The quantitative estimate of drug-likeness (QED) is 0.473. The highest BCUT2D eigenvalue weighted by atomic mass is 16.2. The maximum Gasteiger partial charge on any atom is 0.332 e. The second-order valence-electron chi connectivity index (χ2n) is 6.39. The summed E-state index contributed by atoms with van der Waals surface area (Å²) in [6, 6.07) is 6.55. The Bertz CT molecular complexity index is 1210. The molecular weight excluding hydrogens is 378 g/mol. The predicted molar refractivity (Wildman–Crippen MR) is 107 cm³/mol. The fourth-order valence-corrected chi connectivity index (χ4v) is 2.93. The molecule has 0 saturated carbocycles. The Hall–Kier alpha value is -3.73. The summed E-state index contributed by atoms with van der Waals surface area (Å²) < 4.78 is 3.56. The van der Waals surface area contributed by atoms with E-state index in [-0.39, 0.29) is 23.6 Å². The van der Waals surface area contributed by atoms with Crippen molar-refractivity contribution in [3.05, 3.63) is 57.0 Å². The van der Waals surface area contributed by atoms with Crippen LogP contribution in [0, 0.1) is 0 Å². The van der Waals surface area contributed by atoms with E-state index in [0.29, 0.717) is 24.3 Å². The standard InChI is InChI=1S/C18H21N7O4/c1-23-15-14(17(28)24(2)18(23)29)25(10-21-15)9-13(26)22-12-6-4-3-5-11(12)16(27)20-8-7-19/h3-6,10H,7-9,19H2,1-2H3,(H,20,27)(H,22,26). The number of aryl methyl sites for hydroxylation is 1. The molecule has 3 rings (SSSR count). The van der Waals surface area contributed by atoms with Crippen LogP contribution in [0.1, 0.15) is 10.4 Å². The van der Waals surface area contributed by atoms with Gasteiger partial charge in [0.2, 0.25) is 5.91 Å². The number of nitrogens with two attached hydrogens (primary N) is 1. The van der Waals surface area contributed by atoms with E-state index in [1.165, 1.54) is 29.6 Å². The lowest BCUT2D eigenvalue weighted by Gasteiger charge is -2.12. The van der Waals surface area contributed by atoms with Gasteiger partial charge >= 0.3 is 5.69 Å². The van der Waals surface area contributed by atoms with Crippen molar-refractivity contribution in [2.45, 2.75) is 6.54 Å². The minimum absolute atomic E-state index is 0.138. The first-order valence-corrected chi connectivity index (χ1v) is 8.83. The maximum absolute atomic E-state index is 12.6. The van der Waals surface area contributed by atoms with Crippen molar-refractivity contribution in [1.82, 2.24) is 24.0 Å². The van der Waals surface area contributed by atoms with Gasteiger partial charge in [-0.1, -0.05) is 12.1 Å². The van der Waals surface area contributed by atoms with Gasteiger partial charge in [-0.05, 0) is 12.1 Å². The minimum Gasteiger partial charge on any atom is -0.351 e. The maximum atomic E-state index is 12.6. The molecule has 1 aromatic carbocycles. The molecule has 0 bridgehead atoms. The van der Waals surface area contributed by atoms with Crippen LogP contribution in [0.15, 0.2) is 40.2 Å². The molecule has 0 aliphatic rings. The van der Waals surface area contributed by atoms with E-state index in [9.17, 15) is 19.2 Å². The fraction of sp³-hybridized carbons (Fsp3) is 0.278. The van der Waals surface area contributed by atoms with Crippen molar-refractivity contribution in [3.63, 3.8) is 0 Å². The number of carbonyl (C=O) groups excluding carboxylic acids is 2. The van der Waals surface area contributed by atoms with Crippen molar-refractivity contribution in [2.75, 3.05) is 18.4 Å². The van der Waals surface area contributed by atoms with Crippen LogP contribution in [0.2, 0.25) is 0 Å². The molecule has 11 nitrogen and oxygen atoms in total. The van der Waals surface area contributed by atoms with Crippen molar-refractivity contribution >= 4 is 28.7 Å². The summed E-state index contributed by atoms with van der Waals surface area (Å²) in [7, 11) is 2.86. The average Bonchev–Trinajstić information content (AvgIpc) is 3.12. The van der Waals surface area contributed by atoms with E-state index >= 15 is 0 Å². The number of para-hydroxylation sites is 1. The molecule has 3 aromatic rings. The third-order valence-electron chi connectivity index (χ3n) is 4.41. The van der Waals surface area contributed by atoms with Gasteiger partial charge in [0.25, 0.3) is 11.5 Å². The summed E-state index contributed by atoms with van der Waals surface area (Å²) in [5, 5.41) is 5.32. The monoisotopic (exact) mass is 399 g/mol. The molecule has 0 fully saturated rings. The summed E-state index contributed by atoms with van der Waals surface area (Å²) in [6.07, 6.45) is 1.32. The van der Waals surface area contributed by atoms with E-state index in [1.54, 1.807) is 24.3 Å². The molecule has 2 amide bonds. The zero-order valence-corrected chi connectivity index (χ0v) is 16.0. The van der Waals surface area contributed by atoms with Gasteiger partial charge in [-0.2, -0.15) is 0 Å². The molecule has 2 aromatic heterocycles. The van der Waals surface area contributed by atoms with Crippen molar-refractivity contribution < 1.29 is 9.59 Å². The number of imidazole rings is 1. The summed E-state index contributed by atoms with van der Waals surface area (Å²) >= 11 is 0. The number of hydrogen-bond acceptors (Lipinski definition) is 6. The van der Waals surface area contributed by atoms with Crippen molar-refractivity contribution in [1.29, 1.82) is 0 Å². The van der Waals surface area contributed by atoms with E-state index in [0.717, 1.165) is 4.57 Å². The van der Waals surface area contributed by atoms with Crippen molar-refractivity contribution in [2.24, 2.45) is 19.8 Å². The Kier molecular flexibility index (Phi) is 5.59. The zero-order chi connectivity index (χ0) is 21.1. The van der Waals surface area contributed by atoms with E-state index in [1.807, 2.05) is 0 Å². The second-order valence-corrected chi connectivity index (χ2v) is 6.39. The molecule has 4 N–H and O–H groups in total. The van der Waals surface area contributed by atoms with Crippen LogP contribution in [-0.4, -0.2) is 43.6 Å². The van der Waals surface area contributed by atoms with E-state index < -0.39 is 17.2 Å². The van der Waals surface area contributed by atoms with Crippen LogP contribution in [0.3, 0.4) is 0 Å². The topological polar surface area (TPSA) is 146 Å². The summed E-state index contributed by atoms with van der Waals surface area (Å²) in [5.41, 5.74) is 5.29. The lowest BCUT2D eigenvalue weighted by molar-refractivity contribution is -0.116. The third kappa shape index (κ3) is 3.80. The average molecular weight is 399 g/mol. The minimum atomic E-state index is -0.546. The highest BCUT2D eigenvalue weighted by Gasteiger charge is 2.17. The van der Waals surface area contributed by atoms with Crippen molar-refractivity contribution in [3.8, 4) is 0 Å². The first-order chi connectivity index (χ1) is 13.8. The largest absolute Gasteiger partial charge is 0.351 e. The normalized spacial score (nSPS) is 10.9. The first-order valence-electron chi connectivity index (χ1n) is 8.83. The molecule has 0 spiro atoms. The van der Waals surface area contributed by atoms with Gasteiger partial charge in [0, 0.05) is 27.2 Å². The number of hydrogen-bond donors (Lipinski definition) is 3. The van der Waals surface area contributed by atoms with Crippen LogP contribution in [0.25, 0.3) is 11.2 Å². The summed E-state index contributed by atoms with van der Waals surface area (Å²) in [6.45, 7) is 0.387. The molecule has 11 heteroatoms. The number of aromatic nitrogens is 4. The third-order valence-corrected chi connectivity index (χ3v) is 4.41. The smallest absolute Gasteiger partial charge is 0.332 e. The van der Waals surface area contributed by atoms with Gasteiger partial charge in [0.15, 0.2) is 11.2 Å². The van der Waals surface area contributed by atoms with E-state index in [2.05, 4.69) is 15.6 Å². The molecule has 0 aliphatic heterocycles. The van der Waals surface area contributed by atoms with Gasteiger partial charge in [-0.15, -0.1) is 0 Å². The molecule has 0 atom stereocenters. The Balaban J connectivity index is 1.87. The van der Waals surface area contributed by atoms with Crippen LogP contribution in [0.4, 0.5) is 5.69 Å². The number of nitrogens with zero attached hydrogens (tertiary/aromatic N) is 4. The SMILES string of the molecule is Cn1c(=O)c2c(ncn2CC(=O)Nc2ccccc2C(=O)NCCN)n(C)c1=O. The number of fused-ring (bicyclic) bond motifs is 1. The van der Waals surface area contributed by atoms with Gasteiger partial charge < -0.3 is 20.9 Å². The highest BCUT2D eigenvalue weighted by Crippen LogP contribution is 2.15. The van der Waals surface area contributed by atoms with Gasteiger partial charge in [0.1, 0.15) is 6.54 Å². The van der Waals surface area contributed by atoms with Crippen LogP contribution >= 0.6 is 0 Å². The van der Waals surface area contributed by atoms with Crippen LogP contribution in [0.5, 0.6) is 0 Å². The van der Waals surface area contributed by atoms with Gasteiger partial charge in [-0.3, -0.25) is 23.5 Å². The molecule has 0 unspecified atom stereocenters. The molecule has 29 heavy (non-hydrogen) atoms. The Labute approximate surface area is 164 Å². The lowest BCUT2D eigenvalue weighted by Crippen LogP contribution is -2.37. The number of amides is 2. The Morgan fingerprint density at radius 2 is 1.86 bits per heavy atom. The number of carbonyl (C=O) groups is 2. The first kappa shape index (κ1) is 20.0. The number of rotatable bonds is 6. The number of anilines is 1. The second kappa shape index (κ2) is 8.10. The molecule has 0 saturated heterocycles. The zero-order valence-electron chi connectivity index (χ0n) is 16.0. The Morgan fingerprint density at radius 1 is 1.14 bits per heavy atom. The molecular formula is C18H21N7O4. The molecule has 0 radical (unpaired) electrons. The molecule has 152 valence electrons. The summed E-state index contributed by atoms with van der Waals surface area (Å²) in [5.74, 6) is -0.817. The highest BCUT2D eigenvalue weighted by molar-refractivity contribution is 6.03. The number of nitrogens with one attached hydrogen (secondary N) is 2. The van der Waals surface area contributed by atoms with Gasteiger partial charge in [-0.25, -0.2) is 9.78 Å². The van der Waals surface area contributed by atoms with E-state index in [4.69, 9.17) is 5.73 Å². The predicted octanol–water partition coefficient (Wildman–Crippen LogP) is -1.24. The molecule has 2 heterocycles. The Morgan fingerprint density at radius 3 is 2.59 bits per heavy atom. The fourth-order valence-electron chi connectivity index (χ4n) is 2.93. The van der Waals surface area contributed by atoms with Crippen LogP contribution in [-0.2, 0) is 25.4 Å². The summed E-state index contributed by atoms with van der Waals surface area (Å²) in [4.78, 5) is 53.4.